The molecule has 14 heavy (non-hydrogen) atoms. The number of nitrogens with two attached hydrogens (primary N) is 1. The van der Waals surface area contributed by atoms with E-state index >= 15 is 0 Å². The molecule has 0 saturated heterocycles. The van der Waals surface area contributed by atoms with Gasteiger partial charge in [0.15, 0.2) is 0 Å². The molecule has 0 radical (unpaired) electrons. The third-order valence-corrected chi connectivity index (χ3v) is 3.20. The predicted molar refractivity (Wildman–Crippen MR) is 57.3 cm³/mol. The molecule has 0 spiro atoms. The van der Waals surface area contributed by atoms with E-state index in [4.69, 9.17) is 5.73 Å². The summed E-state index contributed by atoms with van der Waals surface area (Å²) in [5.74, 6) is 0.421. The summed E-state index contributed by atoms with van der Waals surface area (Å²) in [6.45, 7) is 2.72. The van der Waals surface area contributed by atoms with Gasteiger partial charge < -0.3 is 10.8 Å². The lowest BCUT2D eigenvalue weighted by atomic mass is 9.95. The van der Waals surface area contributed by atoms with Crippen molar-refractivity contribution in [1.29, 1.82) is 0 Å². The van der Waals surface area contributed by atoms with E-state index in [1.807, 2.05) is 25.1 Å². The Morgan fingerprint density at radius 2 is 2.14 bits per heavy atom. The molecule has 1 fully saturated rings. The lowest BCUT2D eigenvalue weighted by Crippen LogP contribution is -2.17. The second-order valence-corrected chi connectivity index (χ2v) is 4.51. The molecule has 0 unspecified atom stereocenters. The van der Waals surface area contributed by atoms with Gasteiger partial charge in [0, 0.05) is 0 Å². The van der Waals surface area contributed by atoms with Crippen LogP contribution in [0.3, 0.4) is 0 Å². The fourth-order valence-electron chi connectivity index (χ4n) is 1.86. The zero-order chi connectivity index (χ0) is 10.2. The zero-order valence-corrected chi connectivity index (χ0v) is 8.59. The van der Waals surface area contributed by atoms with Crippen molar-refractivity contribution in [2.24, 2.45) is 11.1 Å². The zero-order valence-electron chi connectivity index (χ0n) is 8.59. The smallest absolute Gasteiger partial charge is 0.119 e. The van der Waals surface area contributed by atoms with Crippen molar-refractivity contribution in [3.63, 3.8) is 0 Å². The first kappa shape index (κ1) is 9.53. The van der Waals surface area contributed by atoms with Gasteiger partial charge in [0.05, 0.1) is 0 Å². The van der Waals surface area contributed by atoms with E-state index in [0.717, 1.165) is 24.1 Å². The van der Waals surface area contributed by atoms with E-state index in [-0.39, 0.29) is 0 Å². The Kier molecular flexibility index (Phi) is 2.23. The molecule has 2 nitrogen and oxygen atoms in total. The molecule has 1 aromatic carbocycles. The van der Waals surface area contributed by atoms with Gasteiger partial charge in [-0.05, 0) is 55.3 Å². The van der Waals surface area contributed by atoms with Gasteiger partial charge in [0.1, 0.15) is 5.75 Å². The van der Waals surface area contributed by atoms with Crippen molar-refractivity contribution >= 4 is 0 Å². The fraction of sp³-hybridized carbons (Fsp3) is 0.500. The highest BCUT2D eigenvalue weighted by Gasteiger charge is 2.41. The van der Waals surface area contributed by atoms with E-state index in [9.17, 15) is 5.11 Å². The largest absolute Gasteiger partial charge is 0.508 e. The Morgan fingerprint density at radius 1 is 1.43 bits per heavy atom. The first-order valence-electron chi connectivity index (χ1n) is 5.14. The summed E-state index contributed by atoms with van der Waals surface area (Å²) in [6, 6.07) is 5.88. The second kappa shape index (κ2) is 3.28. The Balaban J connectivity index is 2.17. The lowest BCUT2D eigenvalue weighted by Gasteiger charge is -2.13. The Bertz CT molecular complexity index is 342. The SMILES string of the molecule is Cc1ccc(CC2(CN)CC2)c(O)c1. The molecular formula is C12H17NO. The number of hydrogen-bond donors (Lipinski definition) is 2. The average molecular weight is 191 g/mol. The van der Waals surface area contributed by atoms with E-state index in [1.165, 1.54) is 12.8 Å². The molecule has 0 aliphatic heterocycles. The van der Waals surface area contributed by atoms with Gasteiger partial charge in [-0.15, -0.1) is 0 Å². The number of rotatable bonds is 3. The van der Waals surface area contributed by atoms with Crippen LogP contribution in [0.1, 0.15) is 24.0 Å². The van der Waals surface area contributed by atoms with Gasteiger partial charge in [-0.3, -0.25) is 0 Å². The van der Waals surface area contributed by atoms with Crippen molar-refractivity contribution in [1.82, 2.24) is 0 Å². The summed E-state index contributed by atoms with van der Waals surface area (Å²) in [5.41, 5.74) is 8.15. The number of aromatic hydroxyl groups is 1. The summed E-state index contributed by atoms with van der Waals surface area (Å²) in [6.07, 6.45) is 3.34. The Hall–Kier alpha value is -1.02. The van der Waals surface area contributed by atoms with Crippen molar-refractivity contribution in [3.8, 4) is 5.75 Å². The van der Waals surface area contributed by atoms with Gasteiger partial charge in [0.25, 0.3) is 0 Å². The van der Waals surface area contributed by atoms with E-state index < -0.39 is 0 Å². The monoisotopic (exact) mass is 191 g/mol. The van der Waals surface area contributed by atoms with Crippen LogP contribution in [-0.4, -0.2) is 11.7 Å². The third kappa shape index (κ3) is 1.75. The number of phenols is 1. The van der Waals surface area contributed by atoms with Crippen LogP contribution in [0.4, 0.5) is 0 Å². The van der Waals surface area contributed by atoms with Crippen LogP contribution in [0.2, 0.25) is 0 Å². The van der Waals surface area contributed by atoms with Crippen LogP contribution in [0, 0.1) is 12.3 Å². The fourth-order valence-corrected chi connectivity index (χ4v) is 1.86. The first-order chi connectivity index (χ1) is 6.65. The molecule has 1 aromatic rings. The molecule has 76 valence electrons. The van der Waals surface area contributed by atoms with Crippen LogP contribution in [0.25, 0.3) is 0 Å². The minimum absolute atomic E-state index is 0.298. The summed E-state index contributed by atoms with van der Waals surface area (Å²) in [4.78, 5) is 0. The van der Waals surface area contributed by atoms with Crippen molar-refractivity contribution in [3.05, 3.63) is 29.3 Å². The predicted octanol–water partition coefficient (Wildman–Crippen LogP) is 1.98. The highest BCUT2D eigenvalue weighted by atomic mass is 16.3. The number of hydrogen-bond acceptors (Lipinski definition) is 2. The molecule has 0 amide bonds. The topological polar surface area (TPSA) is 46.2 Å². The molecular weight excluding hydrogens is 174 g/mol. The normalized spacial score (nSPS) is 18.1. The molecule has 0 aromatic heterocycles. The summed E-state index contributed by atoms with van der Waals surface area (Å²) < 4.78 is 0. The van der Waals surface area contributed by atoms with Crippen LogP contribution in [0.15, 0.2) is 18.2 Å². The molecule has 2 heteroatoms. The molecule has 1 aliphatic rings. The van der Waals surface area contributed by atoms with Gasteiger partial charge in [0.2, 0.25) is 0 Å². The summed E-state index contributed by atoms with van der Waals surface area (Å²) >= 11 is 0. The molecule has 2 rings (SSSR count). The van der Waals surface area contributed by atoms with Crippen molar-refractivity contribution in [2.75, 3.05) is 6.54 Å². The van der Waals surface area contributed by atoms with Crippen molar-refractivity contribution in [2.45, 2.75) is 26.2 Å². The average Bonchev–Trinajstić information content (AvgIpc) is 2.91. The maximum Gasteiger partial charge on any atom is 0.119 e. The highest BCUT2D eigenvalue weighted by Crippen LogP contribution is 2.48. The molecule has 0 heterocycles. The van der Waals surface area contributed by atoms with Gasteiger partial charge in [-0.1, -0.05) is 12.1 Å². The molecule has 1 saturated carbocycles. The van der Waals surface area contributed by atoms with E-state index in [0.29, 0.717) is 11.2 Å². The van der Waals surface area contributed by atoms with Crippen LogP contribution in [-0.2, 0) is 6.42 Å². The molecule has 3 N–H and O–H groups in total. The lowest BCUT2D eigenvalue weighted by molar-refractivity contribution is 0.450. The maximum atomic E-state index is 9.74. The highest BCUT2D eigenvalue weighted by molar-refractivity contribution is 5.37. The quantitative estimate of drug-likeness (QED) is 0.767. The van der Waals surface area contributed by atoms with Gasteiger partial charge in [-0.2, -0.15) is 0 Å². The van der Waals surface area contributed by atoms with E-state index in [1.54, 1.807) is 0 Å². The van der Waals surface area contributed by atoms with Crippen LogP contribution in [0.5, 0.6) is 5.75 Å². The van der Waals surface area contributed by atoms with Gasteiger partial charge >= 0.3 is 0 Å². The van der Waals surface area contributed by atoms with Crippen LogP contribution >= 0.6 is 0 Å². The standard InChI is InChI=1S/C12H17NO/c1-9-2-3-10(11(14)6-9)7-12(8-13)4-5-12/h2-3,6,14H,4-5,7-8,13H2,1H3. The third-order valence-electron chi connectivity index (χ3n) is 3.20. The minimum atomic E-state index is 0.298. The van der Waals surface area contributed by atoms with Crippen molar-refractivity contribution < 1.29 is 5.11 Å². The van der Waals surface area contributed by atoms with Gasteiger partial charge in [-0.25, -0.2) is 0 Å². The van der Waals surface area contributed by atoms with Crippen LogP contribution < -0.4 is 5.73 Å². The number of phenolic OH excluding ortho intramolecular Hbond substituents is 1. The molecule has 0 bridgehead atoms. The molecule has 0 atom stereocenters. The van der Waals surface area contributed by atoms with E-state index in [2.05, 4.69) is 0 Å². The number of aryl methyl sites for hydroxylation is 1. The maximum absolute atomic E-state index is 9.74. The summed E-state index contributed by atoms with van der Waals surface area (Å²) in [7, 11) is 0. The first-order valence-corrected chi connectivity index (χ1v) is 5.14. The minimum Gasteiger partial charge on any atom is -0.508 e. The number of benzene rings is 1. The Labute approximate surface area is 84.7 Å². The Morgan fingerprint density at radius 3 is 2.64 bits per heavy atom. The second-order valence-electron chi connectivity index (χ2n) is 4.51. The molecule has 1 aliphatic carbocycles. The summed E-state index contributed by atoms with van der Waals surface area (Å²) in [5, 5.41) is 9.74.